The lowest BCUT2D eigenvalue weighted by Gasteiger charge is -2.12. The molecule has 20 heavy (non-hydrogen) atoms. The van der Waals surface area contributed by atoms with Crippen molar-refractivity contribution in [1.29, 1.82) is 0 Å². The van der Waals surface area contributed by atoms with Crippen molar-refractivity contribution in [1.82, 2.24) is 0 Å². The number of benzene rings is 2. The summed E-state index contributed by atoms with van der Waals surface area (Å²) in [7, 11) is 0. The predicted molar refractivity (Wildman–Crippen MR) is 84.5 cm³/mol. The summed E-state index contributed by atoms with van der Waals surface area (Å²) in [5, 5.41) is 10.3. The van der Waals surface area contributed by atoms with Crippen LogP contribution in [0.1, 0.15) is 24.2 Å². The third kappa shape index (κ3) is 4.29. The van der Waals surface area contributed by atoms with Crippen LogP contribution in [0.2, 0.25) is 0 Å². The van der Waals surface area contributed by atoms with Crippen molar-refractivity contribution < 1.29 is 9.84 Å². The van der Waals surface area contributed by atoms with E-state index in [2.05, 4.69) is 31.2 Å². The number of rotatable bonds is 6. The highest BCUT2D eigenvalue weighted by molar-refractivity contribution is 7.99. The molecule has 0 radical (unpaired) electrons. The van der Waals surface area contributed by atoms with Crippen LogP contribution in [0.15, 0.2) is 53.4 Å². The normalized spacial score (nSPS) is 12.2. The quantitative estimate of drug-likeness (QED) is 0.807. The minimum Gasteiger partial charge on any atom is -0.494 e. The maximum atomic E-state index is 10.3. The summed E-state index contributed by atoms with van der Waals surface area (Å²) in [4.78, 5) is 1.18. The Hall–Kier alpha value is -1.45. The maximum Gasteiger partial charge on any atom is 0.119 e. The van der Waals surface area contributed by atoms with E-state index in [1.165, 1.54) is 10.5 Å². The first-order valence-electron chi connectivity index (χ1n) is 6.79. The van der Waals surface area contributed by atoms with Crippen molar-refractivity contribution in [3.8, 4) is 5.75 Å². The maximum absolute atomic E-state index is 10.3. The molecule has 0 saturated carbocycles. The van der Waals surface area contributed by atoms with Gasteiger partial charge < -0.3 is 9.84 Å². The van der Waals surface area contributed by atoms with Crippen molar-refractivity contribution >= 4 is 11.8 Å². The van der Waals surface area contributed by atoms with Crippen LogP contribution in [0.25, 0.3) is 0 Å². The van der Waals surface area contributed by atoms with Crippen molar-refractivity contribution in [3.05, 3.63) is 59.7 Å². The van der Waals surface area contributed by atoms with Crippen LogP contribution < -0.4 is 4.74 Å². The van der Waals surface area contributed by atoms with Gasteiger partial charge in [-0.15, -0.1) is 11.8 Å². The van der Waals surface area contributed by atoms with Gasteiger partial charge in [0.15, 0.2) is 0 Å². The van der Waals surface area contributed by atoms with Crippen molar-refractivity contribution in [3.63, 3.8) is 0 Å². The van der Waals surface area contributed by atoms with Crippen LogP contribution in [-0.2, 0) is 0 Å². The molecule has 0 bridgehead atoms. The minimum atomic E-state index is -0.485. The highest BCUT2D eigenvalue weighted by Gasteiger charge is 2.09. The van der Waals surface area contributed by atoms with Gasteiger partial charge in [0.05, 0.1) is 12.7 Å². The Bertz CT molecular complexity index is 537. The molecular formula is C17H20O2S. The third-order valence-electron chi connectivity index (χ3n) is 2.98. The number of aliphatic hydroxyl groups is 1. The summed E-state index contributed by atoms with van der Waals surface area (Å²) in [5.41, 5.74) is 2.15. The molecule has 0 fully saturated rings. The Morgan fingerprint density at radius 2 is 1.90 bits per heavy atom. The van der Waals surface area contributed by atoms with E-state index in [0.29, 0.717) is 12.4 Å². The number of hydrogen-bond donors (Lipinski definition) is 1. The first-order valence-corrected chi connectivity index (χ1v) is 7.78. The molecule has 0 aliphatic heterocycles. The minimum absolute atomic E-state index is 0.485. The van der Waals surface area contributed by atoms with Gasteiger partial charge in [-0.25, -0.2) is 0 Å². The zero-order valence-electron chi connectivity index (χ0n) is 11.9. The highest BCUT2D eigenvalue weighted by atomic mass is 32.2. The van der Waals surface area contributed by atoms with E-state index in [-0.39, 0.29) is 0 Å². The Kier molecular flexibility index (Phi) is 5.50. The molecule has 1 unspecified atom stereocenters. The van der Waals surface area contributed by atoms with Gasteiger partial charge in [-0.3, -0.25) is 0 Å². The van der Waals surface area contributed by atoms with Gasteiger partial charge >= 0.3 is 0 Å². The second kappa shape index (κ2) is 7.36. The standard InChI is InChI=1S/C17H20O2S/c1-3-19-15-6-4-5-14(11-15)17(18)12-20-16-9-7-13(2)8-10-16/h4-11,17-18H,3,12H2,1-2H3. The van der Waals surface area contributed by atoms with Crippen LogP contribution in [-0.4, -0.2) is 17.5 Å². The summed E-state index contributed by atoms with van der Waals surface area (Å²) < 4.78 is 5.45. The molecule has 0 heterocycles. The molecule has 1 atom stereocenters. The molecule has 0 saturated heterocycles. The van der Waals surface area contributed by atoms with Gasteiger partial charge in [0.2, 0.25) is 0 Å². The van der Waals surface area contributed by atoms with E-state index in [0.717, 1.165) is 11.3 Å². The fourth-order valence-corrected chi connectivity index (χ4v) is 2.76. The number of ether oxygens (including phenoxy) is 1. The molecule has 0 aromatic heterocycles. The zero-order chi connectivity index (χ0) is 14.4. The monoisotopic (exact) mass is 288 g/mol. The second-order valence-corrected chi connectivity index (χ2v) is 5.74. The lowest BCUT2D eigenvalue weighted by Crippen LogP contribution is -2.01. The number of thioether (sulfide) groups is 1. The predicted octanol–water partition coefficient (Wildman–Crippen LogP) is 4.22. The lowest BCUT2D eigenvalue weighted by molar-refractivity contribution is 0.203. The molecule has 0 aliphatic carbocycles. The van der Waals surface area contributed by atoms with Crippen LogP contribution >= 0.6 is 11.8 Å². The zero-order valence-corrected chi connectivity index (χ0v) is 12.7. The number of hydrogen-bond acceptors (Lipinski definition) is 3. The molecule has 0 aliphatic rings. The van der Waals surface area contributed by atoms with Crippen LogP contribution in [0, 0.1) is 6.92 Å². The van der Waals surface area contributed by atoms with Gasteiger partial charge in [-0.05, 0) is 43.7 Å². The van der Waals surface area contributed by atoms with E-state index >= 15 is 0 Å². The molecular weight excluding hydrogens is 268 g/mol. The second-order valence-electron chi connectivity index (χ2n) is 4.65. The molecule has 2 aromatic carbocycles. The molecule has 1 N–H and O–H groups in total. The highest BCUT2D eigenvalue weighted by Crippen LogP contribution is 2.26. The Morgan fingerprint density at radius 1 is 1.15 bits per heavy atom. The van der Waals surface area contributed by atoms with Gasteiger partial charge in [0, 0.05) is 10.6 Å². The summed E-state index contributed by atoms with van der Waals surface area (Å²) in [5.74, 6) is 1.45. The topological polar surface area (TPSA) is 29.5 Å². The van der Waals surface area contributed by atoms with Crippen LogP contribution in [0.4, 0.5) is 0 Å². The van der Waals surface area contributed by atoms with Crippen LogP contribution in [0.5, 0.6) is 5.75 Å². The van der Waals surface area contributed by atoms with E-state index in [1.807, 2.05) is 31.2 Å². The molecule has 2 aromatic rings. The molecule has 2 rings (SSSR count). The third-order valence-corrected chi connectivity index (χ3v) is 4.07. The van der Waals surface area contributed by atoms with Gasteiger partial charge in [0.1, 0.15) is 5.75 Å². The van der Waals surface area contributed by atoms with E-state index in [9.17, 15) is 5.11 Å². The SMILES string of the molecule is CCOc1cccc(C(O)CSc2ccc(C)cc2)c1. The summed E-state index contributed by atoms with van der Waals surface area (Å²) in [6.45, 7) is 4.66. The number of aliphatic hydroxyl groups excluding tert-OH is 1. The molecule has 0 spiro atoms. The van der Waals surface area contributed by atoms with Crippen molar-refractivity contribution in [2.75, 3.05) is 12.4 Å². The fraction of sp³-hybridized carbons (Fsp3) is 0.294. The Morgan fingerprint density at radius 3 is 2.60 bits per heavy atom. The fourth-order valence-electron chi connectivity index (χ4n) is 1.88. The first kappa shape index (κ1) is 14.9. The smallest absolute Gasteiger partial charge is 0.119 e. The molecule has 106 valence electrons. The largest absolute Gasteiger partial charge is 0.494 e. The average molecular weight is 288 g/mol. The number of aryl methyl sites for hydroxylation is 1. The summed E-state index contributed by atoms with van der Waals surface area (Å²) in [6.07, 6.45) is -0.485. The van der Waals surface area contributed by atoms with Gasteiger partial charge in [-0.1, -0.05) is 29.8 Å². The average Bonchev–Trinajstić information content (AvgIpc) is 2.47. The Balaban J connectivity index is 1.95. The van der Waals surface area contributed by atoms with E-state index in [4.69, 9.17) is 4.74 Å². The van der Waals surface area contributed by atoms with Crippen LogP contribution in [0.3, 0.4) is 0 Å². The Labute approximate surface area is 124 Å². The molecule has 0 amide bonds. The van der Waals surface area contributed by atoms with Crippen molar-refractivity contribution in [2.45, 2.75) is 24.8 Å². The molecule has 3 heteroatoms. The summed E-state index contributed by atoms with van der Waals surface area (Å²) in [6, 6.07) is 16.0. The lowest BCUT2D eigenvalue weighted by atomic mass is 10.1. The van der Waals surface area contributed by atoms with E-state index < -0.39 is 6.10 Å². The van der Waals surface area contributed by atoms with E-state index in [1.54, 1.807) is 11.8 Å². The molecule has 2 nitrogen and oxygen atoms in total. The van der Waals surface area contributed by atoms with Gasteiger partial charge in [-0.2, -0.15) is 0 Å². The van der Waals surface area contributed by atoms with Gasteiger partial charge in [0.25, 0.3) is 0 Å². The van der Waals surface area contributed by atoms with Crippen molar-refractivity contribution in [2.24, 2.45) is 0 Å². The summed E-state index contributed by atoms with van der Waals surface area (Å²) >= 11 is 1.66. The first-order chi connectivity index (χ1) is 9.69.